The zero-order valence-electron chi connectivity index (χ0n) is 12.8. The topological polar surface area (TPSA) is 73.3 Å². The molecule has 0 aliphatic carbocycles. The Kier molecular flexibility index (Phi) is 3.66. The Labute approximate surface area is 147 Å². The van der Waals surface area contributed by atoms with Gasteiger partial charge in [0, 0.05) is 23.3 Å². The SMILES string of the molecule is O=[N+]([O-])c1ccc(-c2c(-c3ccccc3)nc3ccc(Cl)nn23)cc1. The molecule has 0 N–H and O–H groups in total. The van der Waals surface area contributed by atoms with E-state index in [1.165, 1.54) is 12.1 Å². The van der Waals surface area contributed by atoms with Gasteiger partial charge in [0.05, 0.1) is 10.6 Å². The molecule has 0 amide bonds. The van der Waals surface area contributed by atoms with E-state index in [0.717, 1.165) is 22.5 Å². The number of hydrogen-bond acceptors (Lipinski definition) is 4. The first-order valence-electron chi connectivity index (χ1n) is 7.49. The molecular weight excluding hydrogens is 340 g/mol. The van der Waals surface area contributed by atoms with Crippen LogP contribution in [-0.4, -0.2) is 19.5 Å². The van der Waals surface area contributed by atoms with E-state index < -0.39 is 4.92 Å². The Hall–Kier alpha value is -3.25. The van der Waals surface area contributed by atoms with Crippen molar-refractivity contribution in [2.45, 2.75) is 0 Å². The molecule has 7 heteroatoms. The van der Waals surface area contributed by atoms with Crippen molar-refractivity contribution in [3.8, 4) is 22.5 Å². The lowest BCUT2D eigenvalue weighted by atomic mass is 10.0. The maximum Gasteiger partial charge on any atom is 0.269 e. The Morgan fingerprint density at radius 2 is 1.64 bits per heavy atom. The van der Waals surface area contributed by atoms with E-state index >= 15 is 0 Å². The van der Waals surface area contributed by atoms with Crippen molar-refractivity contribution in [1.29, 1.82) is 0 Å². The third kappa shape index (κ3) is 2.72. The number of imidazole rings is 1. The van der Waals surface area contributed by atoms with E-state index in [0.29, 0.717) is 10.8 Å². The molecule has 0 fully saturated rings. The first kappa shape index (κ1) is 15.3. The highest BCUT2D eigenvalue weighted by molar-refractivity contribution is 6.29. The van der Waals surface area contributed by atoms with Gasteiger partial charge in [-0.15, -0.1) is 0 Å². The predicted octanol–water partition coefficient (Wildman–Crippen LogP) is 4.62. The highest BCUT2D eigenvalue weighted by Crippen LogP contribution is 2.33. The number of nitro benzene ring substituents is 1. The largest absolute Gasteiger partial charge is 0.269 e. The highest BCUT2D eigenvalue weighted by atomic mass is 35.5. The molecule has 0 saturated carbocycles. The van der Waals surface area contributed by atoms with E-state index in [-0.39, 0.29) is 5.69 Å². The zero-order chi connectivity index (χ0) is 17.4. The van der Waals surface area contributed by atoms with E-state index in [4.69, 9.17) is 11.6 Å². The van der Waals surface area contributed by atoms with Crippen molar-refractivity contribution in [3.05, 3.63) is 82.0 Å². The van der Waals surface area contributed by atoms with E-state index in [1.807, 2.05) is 30.3 Å². The molecule has 0 spiro atoms. The first-order valence-corrected chi connectivity index (χ1v) is 7.87. The Balaban J connectivity index is 2.00. The second-order valence-electron chi connectivity index (χ2n) is 5.41. The van der Waals surface area contributed by atoms with Crippen LogP contribution in [0.2, 0.25) is 5.15 Å². The molecule has 0 aliphatic heterocycles. The first-order chi connectivity index (χ1) is 12.1. The molecule has 0 saturated heterocycles. The van der Waals surface area contributed by atoms with Gasteiger partial charge in [0.25, 0.3) is 5.69 Å². The number of benzene rings is 2. The predicted molar refractivity (Wildman–Crippen MR) is 95.5 cm³/mol. The molecule has 0 aliphatic rings. The van der Waals surface area contributed by atoms with Crippen molar-refractivity contribution < 1.29 is 4.92 Å². The van der Waals surface area contributed by atoms with Crippen LogP contribution in [-0.2, 0) is 0 Å². The minimum atomic E-state index is -0.425. The van der Waals surface area contributed by atoms with Crippen LogP contribution in [0, 0.1) is 10.1 Å². The number of fused-ring (bicyclic) bond motifs is 1. The molecule has 0 radical (unpaired) electrons. The fourth-order valence-corrected chi connectivity index (χ4v) is 2.85. The summed E-state index contributed by atoms with van der Waals surface area (Å²) in [6.07, 6.45) is 0. The summed E-state index contributed by atoms with van der Waals surface area (Å²) in [5.74, 6) is 0. The second kappa shape index (κ2) is 5.99. The summed E-state index contributed by atoms with van der Waals surface area (Å²) in [5, 5.41) is 15.6. The van der Waals surface area contributed by atoms with Gasteiger partial charge in [-0.1, -0.05) is 41.9 Å². The Morgan fingerprint density at radius 3 is 2.32 bits per heavy atom. The van der Waals surface area contributed by atoms with Crippen molar-refractivity contribution in [2.24, 2.45) is 0 Å². The molecule has 122 valence electrons. The average molecular weight is 351 g/mol. The smallest absolute Gasteiger partial charge is 0.258 e. The summed E-state index contributed by atoms with van der Waals surface area (Å²) in [7, 11) is 0. The van der Waals surface area contributed by atoms with Gasteiger partial charge in [0.15, 0.2) is 5.65 Å². The van der Waals surface area contributed by atoms with Gasteiger partial charge in [-0.2, -0.15) is 5.10 Å². The molecule has 25 heavy (non-hydrogen) atoms. The maximum atomic E-state index is 10.9. The summed E-state index contributed by atoms with van der Waals surface area (Å²) in [4.78, 5) is 15.1. The molecule has 2 aromatic heterocycles. The van der Waals surface area contributed by atoms with E-state index in [1.54, 1.807) is 28.8 Å². The summed E-state index contributed by atoms with van der Waals surface area (Å²) in [5.41, 5.74) is 3.86. The van der Waals surface area contributed by atoms with Crippen LogP contribution < -0.4 is 0 Å². The molecule has 0 atom stereocenters. The van der Waals surface area contributed by atoms with Crippen LogP contribution in [0.5, 0.6) is 0 Å². The van der Waals surface area contributed by atoms with Crippen LogP contribution in [0.4, 0.5) is 5.69 Å². The van der Waals surface area contributed by atoms with Crippen molar-refractivity contribution in [2.75, 3.05) is 0 Å². The number of nitro groups is 1. The van der Waals surface area contributed by atoms with Crippen LogP contribution in [0.3, 0.4) is 0 Å². The summed E-state index contributed by atoms with van der Waals surface area (Å²) >= 11 is 6.05. The molecule has 0 unspecified atom stereocenters. The van der Waals surface area contributed by atoms with Gasteiger partial charge in [-0.3, -0.25) is 10.1 Å². The second-order valence-corrected chi connectivity index (χ2v) is 5.79. The number of halogens is 1. The van der Waals surface area contributed by atoms with Crippen LogP contribution in [0.1, 0.15) is 0 Å². The monoisotopic (exact) mass is 350 g/mol. The fourth-order valence-electron chi connectivity index (χ4n) is 2.71. The van der Waals surface area contributed by atoms with Gasteiger partial charge in [-0.25, -0.2) is 9.50 Å². The third-order valence-electron chi connectivity index (χ3n) is 3.84. The van der Waals surface area contributed by atoms with Gasteiger partial charge in [0.1, 0.15) is 10.8 Å². The number of rotatable bonds is 3. The van der Waals surface area contributed by atoms with Gasteiger partial charge in [0.2, 0.25) is 0 Å². The molecule has 0 bridgehead atoms. The highest BCUT2D eigenvalue weighted by Gasteiger charge is 2.18. The lowest BCUT2D eigenvalue weighted by Gasteiger charge is -2.05. The fraction of sp³-hybridized carbons (Fsp3) is 0. The summed E-state index contributed by atoms with van der Waals surface area (Å²) < 4.78 is 1.66. The van der Waals surface area contributed by atoms with Crippen LogP contribution >= 0.6 is 11.6 Å². The lowest BCUT2D eigenvalue weighted by Crippen LogP contribution is -1.95. The normalized spacial score (nSPS) is 10.9. The third-order valence-corrected chi connectivity index (χ3v) is 4.05. The average Bonchev–Trinajstić information content (AvgIpc) is 3.01. The lowest BCUT2D eigenvalue weighted by molar-refractivity contribution is -0.384. The number of hydrogen-bond donors (Lipinski definition) is 0. The molecular formula is C18H11ClN4O2. The van der Waals surface area contributed by atoms with E-state index in [2.05, 4.69) is 10.1 Å². The minimum absolute atomic E-state index is 0.0322. The molecule has 6 nitrogen and oxygen atoms in total. The molecule has 4 rings (SSSR count). The molecule has 2 heterocycles. The van der Waals surface area contributed by atoms with Crippen LogP contribution in [0.25, 0.3) is 28.2 Å². The Morgan fingerprint density at radius 1 is 0.920 bits per heavy atom. The number of non-ortho nitro benzene ring substituents is 1. The quantitative estimate of drug-likeness (QED) is 0.399. The maximum absolute atomic E-state index is 10.9. The van der Waals surface area contributed by atoms with Crippen molar-refractivity contribution in [1.82, 2.24) is 14.6 Å². The zero-order valence-corrected chi connectivity index (χ0v) is 13.6. The molecule has 2 aromatic carbocycles. The standard InChI is InChI=1S/C18H11ClN4O2/c19-15-10-11-16-20-17(12-4-2-1-3-5-12)18(22(16)21-15)13-6-8-14(9-7-13)23(24)25/h1-11H. The Bertz CT molecular complexity index is 1080. The molecule has 4 aromatic rings. The number of nitrogens with zero attached hydrogens (tertiary/aromatic N) is 4. The minimum Gasteiger partial charge on any atom is -0.258 e. The summed E-state index contributed by atoms with van der Waals surface area (Å²) in [6, 6.07) is 19.5. The van der Waals surface area contributed by atoms with Crippen molar-refractivity contribution in [3.63, 3.8) is 0 Å². The van der Waals surface area contributed by atoms with E-state index in [9.17, 15) is 10.1 Å². The van der Waals surface area contributed by atoms with Crippen molar-refractivity contribution >= 4 is 22.9 Å². The van der Waals surface area contributed by atoms with Crippen LogP contribution in [0.15, 0.2) is 66.7 Å². The number of aromatic nitrogens is 3. The van der Waals surface area contributed by atoms with Gasteiger partial charge in [-0.05, 0) is 24.3 Å². The van der Waals surface area contributed by atoms with Gasteiger partial charge >= 0.3 is 0 Å². The van der Waals surface area contributed by atoms with Gasteiger partial charge < -0.3 is 0 Å². The summed E-state index contributed by atoms with van der Waals surface area (Å²) in [6.45, 7) is 0.